The smallest absolute Gasteiger partial charge is 0.149 e. The van der Waals surface area contributed by atoms with Crippen molar-refractivity contribution in [1.82, 2.24) is 10.2 Å². The van der Waals surface area contributed by atoms with Crippen LogP contribution in [0.3, 0.4) is 0 Å². The van der Waals surface area contributed by atoms with E-state index in [0.717, 1.165) is 5.39 Å². The highest BCUT2D eigenvalue weighted by molar-refractivity contribution is 8.70. The van der Waals surface area contributed by atoms with Crippen LogP contribution in [0.1, 0.15) is 11.6 Å². The molecule has 1 aromatic carbocycles. The van der Waals surface area contributed by atoms with Crippen molar-refractivity contribution in [3.05, 3.63) is 36.2 Å². The molecule has 0 aliphatic carbocycles. The Hall–Kier alpha value is -0.920. The number of nitrogens with zero attached hydrogens (tertiary/aromatic N) is 2. The van der Waals surface area contributed by atoms with Gasteiger partial charge in [0.2, 0.25) is 0 Å². The van der Waals surface area contributed by atoms with Gasteiger partial charge in [0.1, 0.15) is 18.3 Å². The Morgan fingerprint density at radius 2 is 1.57 bits per heavy atom. The summed E-state index contributed by atoms with van der Waals surface area (Å²) in [6, 6.07) is 6.99. The van der Waals surface area contributed by atoms with Crippen molar-refractivity contribution in [2.45, 2.75) is 5.92 Å². The minimum atomic E-state index is -4.55. The van der Waals surface area contributed by atoms with Crippen LogP contribution >= 0.6 is 21.6 Å². The summed E-state index contributed by atoms with van der Waals surface area (Å²) in [4.78, 5) is 0. The molecule has 0 fully saturated rings. The fourth-order valence-corrected chi connectivity index (χ4v) is 5.24. The molecule has 0 saturated heterocycles. The number of aromatic nitrogens is 2. The molecule has 1 aromatic heterocycles. The Morgan fingerprint density at radius 1 is 1.00 bits per heavy atom. The van der Waals surface area contributed by atoms with E-state index in [1.165, 1.54) is 6.20 Å². The zero-order chi connectivity index (χ0) is 17.1. The lowest BCUT2D eigenvalue weighted by atomic mass is 10.0. The summed E-state index contributed by atoms with van der Waals surface area (Å²) in [6.07, 6.45) is 1.50. The zero-order valence-corrected chi connectivity index (χ0v) is 14.6. The van der Waals surface area contributed by atoms with Crippen molar-refractivity contribution in [1.29, 1.82) is 0 Å². The maximum absolute atomic E-state index is 10.8. The second-order valence-electron chi connectivity index (χ2n) is 4.40. The predicted molar refractivity (Wildman–Crippen MR) is 86.6 cm³/mol. The van der Waals surface area contributed by atoms with Crippen LogP contribution in [0.5, 0.6) is 0 Å². The van der Waals surface area contributed by atoms with Gasteiger partial charge < -0.3 is 9.11 Å². The van der Waals surface area contributed by atoms with Gasteiger partial charge in [-0.1, -0.05) is 24.3 Å². The van der Waals surface area contributed by atoms with E-state index in [4.69, 9.17) is 0 Å². The van der Waals surface area contributed by atoms with E-state index in [0.29, 0.717) is 11.1 Å². The summed E-state index contributed by atoms with van der Waals surface area (Å²) in [5, 5.41) is 9.12. The Balaban J connectivity index is 2.37. The summed E-state index contributed by atoms with van der Waals surface area (Å²) in [6.45, 7) is 0. The van der Waals surface area contributed by atoms with Crippen molar-refractivity contribution in [3.8, 4) is 0 Å². The fraction of sp³-hybridized carbons (Fsp3) is 0.273. The van der Waals surface area contributed by atoms with Gasteiger partial charge in [-0.2, -0.15) is 10.2 Å². The van der Waals surface area contributed by atoms with E-state index in [9.17, 15) is 25.9 Å². The van der Waals surface area contributed by atoms with Gasteiger partial charge in [-0.25, -0.2) is 16.8 Å². The third kappa shape index (κ3) is 5.90. The summed E-state index contributed by atoms with van der Waals surface area (Å²) in [7, 11) is -8.84. The molecule has 0 amide bonds. The molecule has 1 heterocycles. The van der Waals surface area contributed by atoms with Crippen LogP contribution in [0.2, 0.25) is 0 Å². The first kappa shape index (κ1) is 18.4. The molecule has 0 N–H and O–H groups in total. The van der Waals surface area contributed by atoms with Crippen LogP contribution < -0.4 is 0 Å². The molecular formula is C11H10N2O6S4-2. The van der Waals surface area contributed by atoms with Crippen LogP contribution in [0.4, 0.5) is 0 Å². The standard InChI is InChI=1S/C11H12N2O6S4/c14-22(15,16)20-6-9(7-21-23(17,18)19)11-10-4-2-1-3-8(10)5-12-13-11/h1-5,9H,6-7H2,(H,14,15,16)(H,17,18,19)/p-2. The lowest BCUT2D eigenvalue weighted by Gasteiger charge is -2.18. The van der Waals surface area contributed by atoms with Crippen molar-refractivity contribution < 1.29 is 25.9 Å². The van der Waals surface area contributed by atoms with E-state index in [1.54, 1.807) is 24.3 Å². The van der Waals surface area contributed by atoms with Gasteiger partial charge in [-0.15, -0.1) is 0 Å². The molecule has 8 nitrogen and oxygen atoms in total. The molecule has 12 heteroatoms. The van der Waals surface area contributed by atoms with E-state index < -0.39 is 24.2 Å². The Morgan fingerprint density at radius 3 is 2.13 bits per heavy atom. The van der Waals surface area contributed by atoms with Crippen LogP contribution in [0.15, 0.2) is 30.5 Å². The molecule has 126 valence electrons. The number of hydrogen-bond donors (Lipinski definition) is 0. The molecule has 0 saturated carbocycles. The van der Waals surface area contributed by atoms with Gasteiger partial charge >= 0.3 is 0 Å². The molecule has 0 aliphatic heterocycles. The molecule has 0 bridgehead atoms. The van der Waals surface area contributed by atoms with Crippen LogP contribution in [0.25, 0.3) is 10.8 Å². The van der Waals surface area contributed by atoms with Gasteiger partial charge in [-0.3, -0.25) is 0 Å². The third-order valence-corrected chi connectivity index (χ3v) is 7.02. The Bertz CT molecular complexity index is 858. The lowest BCUT2D eigenvalue weighted by Crippen LogP contribution is -2.12. The van der Waals surface area contributed by atoms with Gasteiger partial charge in [0.15, 0.2) is 0 Å². The summed E-state index contributed by atoms with van der Waals surface area (Å²) >= 11 is 0. The molecule has 0 atom stereocenters. The third-order valence-electron chi connectivity index (χ3n) is 2.81. The number of rotatable bonds is 7. The normalized spacial score (nSPS) is 12.8. The zero-order valence-electron chi connectivity index (χ0n) is 11.4. The quantitative estimate of drug-likeness (QED) is 0.495. The van der Waals surface area contributed by atoms with Crippen LogP contribution in [-0.4, -0.2) is 47.6 Å². The Labute approximate surface area is 140 Å². The molecule has 2 aromatic rings. The van der Waals surface area contributed by atoms with Gasteiger partial charge in [0, 0.05) is 28.2 Å². The topological polar surface area (TPSA) is 140 Å². The van der Waals surface area contributed by atoms with Crippen LogP contribution in [-0.2, 0) is 18.3 Å². The number of benzene rings is 1. The second kappa shape index (κ2) is 7.32. The summed E-state index contributed by atoms with van der Waals surface area (Å²) in [5.41, 5.74) is 0.343. The molecular weight excluding hydrogens is 384 g/mol. The number of hydrogen-bond acceptors (Lipinski definition) is 10. The van der Waals surface area contributed by atoms with Gasteiger partial charge in [0.25, 0.3) is 0 Å². The van der Waals surface area contributed by atoms with Crippen molar-refractivity contribution >= 4 is 50.7 Å². The van der Waals surface area contributed by atoms with Gasteiger partial charge in [0.05, 0.1) is 11.9 Å². The first-order chi connectivity index (χ1) is 10.7. The second-order valence-corrected chi connectivity index (χ2v) is 11.0. The molecule has 2 rings (SSSR count). The Kier molecular flexibility index (Phi) is 5.86. The van der Waals surface area contributed by atoms with Crippen molar-refractivity contribution in [3.63, 3.8) is 0 Å². The fourth-order valence-electron chi connectivity index (χ4n) is 1.89. The highest BCUT2D eigenvalue weighted by Crippen LogP contribution is 2.31. The lowest BCUT2D eigenvalue weighted by molar-refractivity contribution is 0.480. The average Bonchev–Trinajstić information content (AvgIpc) is 2.45. The molecule has 0 aliphatic rings. The maximum Gasteiger partial charge on any atom is 0.149 e. The first-order valence-corrected chi connectivity index (χ1v) is 11.9. The van der Waals surface area contributed by atoms with Crippen molar-refractivity contribution in [2.24, 2.45) is 0 Å². The van der Waals surface area contributed by atoms with E-state index >= 15 is 0 Å². The minimum absolute atomic E-state index is 0.134. The predicted octanol–water partition coefficient (Wildman–Crippen LogP) is 1.10. The summed E-state index contributed by atoms with van der Waals surface area (Å²) in [5.74, 6) is -1.19. The van der Waals surface area contributed by atoms with E-state index in [-0.39, 0.29) is 33.1 Å². The van der Waals surface area contributed by atoms with Crippen molar-refractivity contribution in [2.75, 3.05) is 11.5 Å². The van der Waals surface area contributed by atoms with E-state index in [1.807, 2.05) is 0 Å². The van der Waals surface area contributed by atoms with E-state index in [2.05, 4.69) is 10.2 Å². The SMILES string of the molecule is O=S(=O)([O-])SCC(CSS(=O)(=O)[O-])c1nncc2ccccc12. The first-order valence-electron chi connectivity index (χ1n) is 6.06. The van der Waals surface area contributed by atoms with Gasteiger partial charge in [-0.05, 0) is 21.6 Å². The molecule has 0 unspecified atom stereocenters. The van der Waals surface area contributed by atoms with Crippen LogP contribution in [0, 0.1) is 0 Å². The maximum atomic E-state index is 10.8. The average molecular weight is 394 g/mol. The molecule has 23 heavy (non-hydrogen) atoms. The molecule has 0 spiro atoms. The highest BCUT2D eigenvalue weighted by atomic mass is 33.2. The number of fused-ring (bicyclic) bond motifs is 1. The highest BCUT2D eigenvalue weighted by Gasteiger charge is 2.20. The largest absolute Gasteiger partial charge is 0.739 e. The monoisotopic (exact) mass is 394 g/mol. The molecule has 0 radical (unpaired) electrons. The minimum Gasteiger partial charge on any atom is -0.739 e. The summed E-state index contributed by atoms with van der Waals surface area (Å²) < 4.78 is 64.9.